The lowest BCUT2D eigenvalue weighted by atomic mass is 10.0. The van der Waals surface area contributed by atoms with Crippen LogP contribution >= 0.6 is 0 Å². The number of aryl methyl sites for hydroxylation is 1. The molecule has 1 amide bonds. The number of fused-ring (bicyclic) bond motifs is 1. The first kappa shape index (κ1) is 15.9. The summed E-state index contributed by atoms with van der Waals surface area (Å²) in [5.74, 6) is 0.266. The van der Waals surface area contributed by atoms with Gasteiger partial charge in [-0.2, -0.15) is 5.10 Å². The largest absolute Gasteiger partial charge is 0.361 e. The molecule has 1 atom stereocenters. The Labute approximate surface area is 147 Å². The number of nitrogens with zero attached hydrogens (tertiary/aromatic N) is 3. The van der Waals surface area contributed by atoms with Crippen LogP contribution in [0.1, 0.15) is 31.2 Å². The van der Waals surface area contributed by atoms with E-state index in [4.69, 9.17) is 0 Å². The summed E-state index contributed by atoms with van der Waals surface area (Å²) in [5.41, 5.74) is 2.36. The number of rotatable bonds is 5. The average Bonchev–Trinajstić information content (AvgIpc) is 3.30. The van der Waals surface area contributed by atoms with E-state index in [1.54, 1.807) is 6.20 Å². The smallest absolute Gasteiger partial charge is 0.223 e. The summed E-state index contributed by atoms with van der Waals surface area (Å²) in [5, 5.41) is 5.52. The van der Waals surface area contributed by atoms with E-state index in [1.807, 2.05) is 35.3 Å². The number of piperidine rings is 1. The molecule has 5 nitrogen and oxygen atoms in total. The van der Waals surface area contributed by atoms with E-state index in [9.17, 15) is 4.79 Å². The number of hydrogen-bond donors (Lipinski definition) is 1. The molecule has 0 aliphatic carbocycles. The molecule has 1 aliphatic rings. The standard InChI is InChI=1S/C20H24N4O/c25-20(10-9-16-14-21-19-8-2-1-7-18(16)19)24-13-4-3-6-17(24)15-23-12-5-11-22-23/h1-2,5,7-8,11-12,14,17,21H,3-4,6,9-10,13,15H2. The highest BCUT2D eigenvalue weighted by molar-refractivity contribution is 5.84. The zero-order valence-electron chi connectivity index (χ0n) is 14.4. The summed E-state index contributed by atoms with van der Waals surface area (Å²) < 4.78 is 1.94. The minimum absolute atomic E-state index is 0.266. The Morgan fingerprint density at radius 2 is 2.16 bits per heavy atom. The second-order valence-corrected chi connectivity index (χ2v) is 6.82. The molecule has 3 aromatic rings. The molecule has 2 aromatic heterocycles. The predicted molar refractivity (Wildman–Crippen MR) is 98.2 cm³/mol. The number of aromatic amines is 1. The number of carbonyl (C=O) groups excluding carboxylic acids is 1. The Morgan fingerprint density at radius 1 is 1.24 bits per heavy atom. The third-order valence-corrected chi connectivity index (χ3v) is 5.19. The number of amides is 1. The van der Waals surface area contributed by atoms with Crippen molar-refractivity contribution in [3.8, 4) is 0 Å². The molecule has 0 saturated carbocycles. The lowest BCUT2D eigenvalue weighted by Gasteiger charge is -2.36. The summed E-state index contributed by atoms with van der Waals surface area (Å²) in [6.07, 6.45) is 10.5. The molecular weight excluding hydrogens is 312 g/mol. The Balaban J connectivity index is 1.42. The van der Waals surface area contributed by atoms with E-state index in [1.165, 1.54) is 17.4 Å². The van der Waals surface area contributed by atoms with Gasteiger partial charge in [0.15, 0.2) is 0 Å². The van der Waals surface area contributed by atoms with Crippen LogP contribution in [-0.2, 0) is 17.8 Å². The quantitative estimate of drug-likeness (QED) is 0.776. The molecule has 1 unspecified atom stereocenters. The van der Waals surface area contributed by atoms with Crippen LogP contribution < -0.4 is 0 Å². The first-order chi connectivity index (χ1) is 12.3. The minimum Gasteiger partial charge on any atom is -0.361 e. The normalized spacial score (nSPS) is 17.9. The Hall–Kier alpha value is -2.56. The fourth-order valence-electron chi connectivity index (χ4n) is 3.87. The van der Waals surface area contributed by atoms with Gasteiger partial charge in [-0.1, -0.05) is 18.2 Å². The van der Waals surface area contributed by atoms with Gasteiger partial charge in [0.25, 0.3) is 0 Å². The summed E-state index contributed by atoms with van der Waals surface area (Å²) in [4.78, 5) is 18.2. The molecule has 0 radical (unpaired) electrons. The molecule has 0 spiro atoms. The van der Waals surface area contributed by atoms with Gasteiger partial charge in [-0.15, -0.1) is 0 Å². The summed E-state index contributed by atoms with van der Waals surface area (Å²) in [6, 6.07) is 10.5. The fourth-order valence-corrected chi connectivity index (χ4v) is 3.87. The van der Waals surface area contributed by atoms with Gasteiger partial charge in [0, 0.05) is 42.5 Å². The molecule has 3 heterocycles. The predicted octanol–water partition coefficient (Wildman–Crippen LogP) is 3.38. The highest BCUT2D eigenvalue weighted by Gasteiger charge is 2.26. The third kappa shape index (κ3) is 3.45. The number of aromatic nitrogens is 3. The van der Waals surface area contributed by atoms with Crippen molar-refractivity contribution in [2.75, 3.05) is 6.54 Å². The number of likely N-dealkylation sites (tertiary alicyclic amines) is 1. The highest BCUT2D eigenvalue weighted by atomic mass is 16.2. The fraction of sp³-hybridized carbons (Fsp3) is 0.400. The zero-order valence-corrected chi connectivity index (χ0v) is 14.4. The molecule has 25 heavy (non-hydrogen) atoms. The lowest BCUT2D eigenvalue weighted by Crippen LogP contribution is -2.46. The summed E-state index contributed by atoms with van der Waals surface area (Å²) in [6.45, 7) is 1.67. The molecule has 5 heteroatoms. The Kier molecular flexibility index (Phi) is 4.55. The van der Waals surface area contributed by atoms with Crippen LogP contribution in [-0.4, -0.2) is 38.2 Å². The first-order valence-electron chi connectivity index (χ1n) is 9.13. The van der Waals surface area contributed by atoms with Crippen molar-refractivity contribution in [2.24, 2.45) is 0 Å². The van der Waals surface area contributed by atoms with Gasteiger partial charge in [0.1, 0.15) is 0 Å². The van der Waals surface area contributed by atoms with Gasteiger partial charge in [-0.05, 0) is 43.4 Å². The number of carbonyl (C=O) groups is 1. The molecular formula is C20H24N4O. The van der Waals surface area contributed by atoms with E-state index >= 15 is 0 Å². The van der Waals surface area contributed by atoms with Gasteiger partial charge >= 0.3 is 0 Å². The van der Waals surface area contributed by atoms with Gasteiger partial charge < -0.3 is 9.88 Å². The van der Waals surface area contributed by atoms with Crippen molar-refractivity contribution in [3.05, 3.63) is 54.5 Å². The molecule has 0 bridgehead atoms. The SMILES string of the molecule is O=C(CCc1c[nH]c2ccccc12)N1CCCCC1Cn1cccn1. The maximum absolute atomic E-state index is 12.9. The van der Waals surface area contributed by atoms with E-state index in [0.717, 1.165) is 37.9 Å². The Bertz CT molecular complexity index is 836. The third-order valence-electron chi connectivity index (χ3n) is 5.19. The van der Waals surface area contributed by atoms with Crippen LogP contribution in [0.4, 0.5) is 0 Å². The second kappa shape index (κ2) is 7.13. The van der Waals surface area contributed by atoms with E-state index in [-0.39, 0.29) is 11.9 Å². The number of para-hydroxylation sites is 1. The van der Waals surface area contributed by atoms with Crippen LogP contribution in [0.25, 0.3) is 10.9 Å². The molecule has 1 fully saturated rings. The van der Waals surface area contributed by atoms with Crippen molar-refractivity contribution in [2.45, 2.75) is 44.7 Å². The van der Waals surface area contributed by atoms with Crippen molar-refractivity contribution in [1.82, 2.24) is 19.7 Å². The summed E-state index contributed by atoms with van der Waals surface area (Å²) >= 11 is 0. The van der Waals surface area contributed by atoms with Crippen molar-refractivity contribution < 1.29 is 4.79 Å². The van der Waals surface area contributed by atoms with E-state index in [2.05, 4.69) is 27.1 Å². The topological polar surface area (TPSA) is 53.9 Å². The minimum atomic E-state index is 0.266. The van der Waals surface area contributed by atoms with Crippen LogP contribution in [0.15, 0.2) is 48.9 Å². The monoisotopic (exact) mass is 336 g/mol. The number of hydrogen-bond acceptors (Lipinski definition) is 2. The van der Waals surface area contributed by atoms with Crippen LogP contribution in [0.2, 0.25) is 0 Å². The zero-order chi connectivity index (χ0) is 17.1. The maximum atomic E-state index is 12.9. The van der Waals surface area contributed by atoms with Crippen molar-refractivity contribution in [3.63, 3.8) is 0 Å². The highest BCUT2D eigenvalue weighted by Crippen LogP contribution is 2.22. The number of benzene rings is 1. The van der Waals surface area contributed by atoms with E-state index in [0.29, 0.717) is 6.42 Å². The van der Waals surface area contributed by atoms with Crippen molar-refractivity contribution >= 4 is 16.8 Å². The van der Waals surface area contributed by atoms with Gasteiger partial charge in [-0.3, -0.25) is 9.48 Å². The number of H-pyrrole nitrogens is 1. The van der Waals surface area contributed by atoms with Crippen LogP contribution in [0.3, 0.4) is 0 Å². The molecule has 130 valence electrons. The molecule has 1 aromatic carbocycles. The number of nitrogens with one attached hydrogen (secondary N) is 1. The van der Waals surface area contributed by atoms with Gasteiger partial charge in [-0.25, -0.2) is 0 Å². The maximum Gasteiger partial charge on any atom is 0.223 e. The first-order valence-corrected chi connectivity index (χ1v) is 9.13. The molecule has 1 aliphatic heterocycles. The van der Waals surface area contributed by atoms with Gasteiger partial charge in [0.05, 0.1) is 12.6 Å². The average molecular weight is 336 g/mol. The van der Waals surface area contributed by atoms with Crippen LogP contribution in [0.5, 0.6) is 0 Å². The molecule has 1 saturated heterocycles. The Morgan fingerprint density at radius 3 is 3.04 bits per heavy atom. The van der Waals surface area contributed by atoms with Crippen LogP contribution in [0, 0.1) is 0 Å². The van der Waals surface area contributed by atoms with Crippen molar-refractivity contribution in [1.29, 1.82) is 0 Å². The molecule has 1 N–H and O–H groups in total. The lowest BCUT2D eigenvalue weighted by molar-refractivity contribution is -0.135. The second-order valence-electron chi connectivity index (χ2n) is 6.82. The van der Waals surface area contributed by atoms with E-state index < -0.39 is 0 Å². The van der Waals surface area contributed by atoms with Gasteiger partial charge in [0.2, 0.25) is 5.91 Å². The summed E-state index contributed by atoms with van der Waals surface area (Å²) in [7, 11) is 0. The molecule has 4 rings (SSSR count).